The number of rotatable bonds is 56. The van der Waals surface area contributed by atoms with Crippen molar-refractivity contribution >= 4 is 17.9 Å². The van der Waals surface area contributed by atoms with Gasteiger partial charge >= 0.3 is 17.9 Å². The molecule has 1 unspecified atom stereocenters. The molecule has 0 aromatic rings. The molecule has 0 spiro atoms. The van der Waals surface area contributed by atoms with Crippen molar-refractivity contribution in [3.05, 3.63) is 60.8 Å². The zero-order valence-corrected chi connectivity index (χ0v) is 47.2. The number of allylic oxidation sites excluding steroid dienone is 10. The Morgan fingerprint density at radius 3 is 0.859 bits per heavy atom. The highest BCUT2D eigenvalue weighted by Crippen LogP contribution is 2.15. The molecule has 0 aliphatic heterocycles. The van der Waals surface area contributed by atoms with E-state index in [1.165, 1.54) is 193 Å². The summed E-state index contributed by atoms with van der Waals surface area (Å²) >= 11 is 0. The molecule has 0 amide bonds. The van der Waals surface area contributed by atoms with Crippen molar-refractivity contribution in [1.82, 2.24) is 0 Å². The lowest BCUT2D eigenvalue weighted by molar-refractivity contribution is -0.167. The van der Waals surface area contributed by atoms with Crippen LogP contribution in [-0.2, 0) is 28.6 Å². The number of hydrogen-bond donors (Lipinski definition) is 0. The lowest BCUT2D eigenvalue weighted by Gasteiger charge is -2.18. The number of unbranched alkanes of at least 4 members (excludes halogenated alkanes) is 35. The first-order valence-electron chi connectivity index (χ1n) is 30.8. The fraction of sp³-hybridized carbons (Fsp3) is 0.800. The Balaban J connectivity index is 4.45. The van der Waals surface area contributed by atoms with E-state index in [9.17, 15) is 14.4 Å². The molecule has 0 aliphatic carbocycles. The summed E-state index contributed by atoms with van der Waals surface area (Å²) in [5.41, 5.74) is 0. The summed E-state index contributed by atoms with van der Waals surface area (Å²) in [4.78, 5) is 38.2. The lowest BCUT2D eigenvalue weighted by atomic mass is 10.1. The minimum absolute atomic E-state index is 0.0962. The van der Waals surface area contributed by atoms with Crippen molar-refractivity contribution in [3.8, 4) is 0 Å². The Kier molecular flexibility index (Phi) is 57.2. The van der Waals surface area contributed by atoms with E-state index in [2.05, 4.69) is 81.5 Å². The van der Waals surface area contributed by atoms with Crippen LogP contribution in [-0.4, -0.2) is 37.2 Å². The lowest BCUT2D eigenvalue weighted by Crippen LogP contribution is -2.30. The maximum absolute atomic E-state index is 12.9. The monoisotopic (exact) mass is 993 g/mol. The molecule has 0 saturated carbocycles. The van der Waals surface area contributed by atoms with Crippen LogP contribution in [0, 0.1) is 0 Å². The quantitative estimate of drug-likeness (QED) is 0.0261. The normalized spacial score (nSPS) is 12.4. The summed E-state index contributed by atoms with van der Waals surface area (Å²) in [6, 6.07) is 0. The van der Waals surface area contributed by atoms with Crippen molar-refractivity contribution in [2.45, 2.75) is 322 Å². The molecule has 0 fully saturated rings. The van der Waals surface area contributed by atoms with Crippen molar-refractivity contribution in [2.24, 2.45) is 0 Å². The molecule has 0 heterocycles. The summed E-state index contributed by atoms with van der Waals surface area (Å²) in [6.45, 7) is 6.61. The zero-order chi connectivity index (χ0) is 51.4. The summed E-state index contributed by atoms with van der Waals surface area (Å²) in [5.74, 6) is -0.953. The van der Waals surface area contributed by atoms with Gasteiger partial charge in [-0.15, -0.1) is 0 Å². The number of ether oxygens (including phenoxy) is 3. The minimum Gasteiger partial charge on any atom is -0.462 e. The Hall–Kier alpha value is -2.89. The number of carbonyl (C=O) groups excluding carboxylic acids is 3. The molecule has 0 radical (unpaired) electrons. The van der Waals surface area contributed by atoms with E-state index in [1.807, 2.05) is 0 Å². The van der Waals surface area contributed by atoms with E-state index in [1.54, 1.807) is 0 Å². The Bertz CT molecular complexity index is 1280. The van der Waals surface area contributed by atoms with Gasteiger partial charge in [-0.1, -0.05) is 255 Å². The van der Waals surface area contributed by atoms with E-state index < -0.39 is 6.10 Å². The van der Waals surface area contributed by atoms with Crippen LogP contribution in [0.15, 0.2) is 60.8 Å². The minimum atomic E-state index is -0.803. The van der Waals surface area contributed by atoms with Crippen LogP contribution in [0.1, 0.15) is 316 Å². The Morgan fingerprint density at radius 2 is 0.521 bits per heavy atom. The molecule has 0 aromatic carbocycles. The molecule has 6 nitrogen and oxygen atoms in total. The van der Waals surface area contributed by atoms with Crippen molar-refractivity contribution in [1.29, 1.82) is 0 Å². The molecule has 6 heteroatoms. The van der Waals surface area contributed by atoms with Gasteiger partial charge in [-0.2, -0.15) is 0 Å². The van der Waals surface area contributed by atoms with Crippen LogP contribution >= 0.6 is 0 Å². The van der Waals surface area contributed by atoms with Gasteiger partial charge in [0, 0.05) is 19.3 Å². The van der Waals surface area contributed by atoms with E-state index in [0.29, 0.717) is 19.3 Å². The van der Waals surface area contributed by atoms with Gasteiger partial charge in [0.2, 0.25) is 0 Å². The Morgan fingerprint density at radius 1 is 0.282 bits per heavy atom. The number of hydrogen-bond acceptors (Lipinski definition) is 6. The third kappa shape index (κ3) is 57.9. The zero-order valence-electron chi connectivity index (χ0n) is 47.2. The largest absolute Gasteiger partial charge is 0.462 e. The molecule has 0 aliphatic rings. The molecule has 0 rings (SSSR count). The van der Waals surface area contributed by atoms with Crippen LogP contribution in [0.2, 0.25) is 0 Å². The van der Waals surface area contributed by atoms with Gasteiger partial charge in [-0.25, -0.2) is 0 Å². The van der Waals surface area contributed by atoms with E-state index in [4.69, 9.17) is 14.2 Å². The molecule has 0 bridgehead atoms. The summed E-state index contributed by atoms with van der Waals surface area (Å²) in [6.07, 6.45) is 75.1. The molecule has 0 saturated heterocycles. The van der Waals surface area contributed by atoms with Crippen molar-refractivity contribution in [2.75, 3.05) is 13.2 Å². The number of esters is 3. The fourth-order valence-corrected chi connectivity index (χ4v) is 8.80. The smallest absolute Gasteiger partial charge is 0.306 e. The predicted molar refractivity (Wildman–Crippen MR) is 307 cm³/mol. The number of carbonyl (C=O) groups is 3. The van der Waals surface area contributed by atoms with Gasteiger partial charge in [0.25, 0.3) is 0 Å². The molecule has 412 valence electrons. The fourth-order valence-electron chi connectivity index (χ4n) is 8.80. The van der Waals surface area contributed by atoms with E-state index >= 15 is 0 Å². The molecular weight excluding hydrogens is 877 g/mol. The SMILES string of the molecule is CCCCCCCC/C=C\C/C=C\C/C=C\CCCC(=O)OCC(COC(=O)CCCCCCC/C=C\CCCCCCCCCCC)OC(=O)CCCCCCC/C=C\CCCCCCCCCCC. The van der Waals surface area contributed by atoms with Crippen LogP contribution in [0.25, 0.3) is 0 Å². The highest BCUT2D eigenvalue weighted by molar-refractivity contribution is 5.71. The molecule has 0 aromatic heterocycles. The molecule has 71 heavy (non-hydrogen) atoms. The van der Waals surface area contributed by atoms with Gasteiger partial charge in [0.15, 0.2) is 6.10 Å². The third-order valence-electron chi connectivity index (χ3n) is 13.5. The van der Waals surface area contributed by atoms with Crippen molar-refractivity contribution < 1.29 is 28.6 Å². The second kappa shape index (κ2) is 59.7. The highest BCUT2D eigenvalue weighted by Gasteiger charge is 2.19. The van der Waals surface area contributed by atoms with Crippen LogP contribution in [0.4, 0.5) is 0 Å². The van der Waals surface area contributed by atoms with Gasteiger partial charge < -0.3 is 14.2 Å². The topological polar surface area (TPSA) is 78.9 Å². The maximum Gasteiger partial charge on any atom is 0.306 e. The van der Waals surface area contributed by atoms with Crippen LogP contribution in [0.5, 0.6) is 0 Å². The van der Waals surface area contributed by atoms with Crippen molar-refractivity contribution in [3.63, 3.8) is 0 Å². The summed E-state index contributed by atoms with van der Waals surface area (Å²) in [5, 5.41) is 0. The van der Waals surface area contributed by atoms with Gasteiger partial charge in [0.05, 0.1) is 0 Å². The van der Waals surface area contributed by atoms with Gasteiger partial charge in [-0.3, -0.25) is 14.4 Å². The standard InChI is InChI=1S/C65H116O6/c1-4-7-10-13-16-19-22-25-28-31-34-37-40-43-46-49-52-55-58-64(67)70-61-62(60-69-63(66)57-54-51-48-45-42-39-36-33-30-27-24-21-18-15-12-9-6-3)71-65(68)59-56-53-50-47-44-41-38-35-32-29-26-23-20-17-14-11-8-5-2/h27,30,34-39,45,48,62H,4-26,28-29,31-33,40-44,46-47,49-61H2,1-3H3/b30-27-,37-34-,38-35-,39-36-,48-45-. The van der Waals surface area contributed by atoms with Gasteiger partial charge in [0.1, 0.15) is 13.2 Å². The average Bonchev–Trinajstić information content (AvgIpc) is 3.37. The van der Waals surface area contributed by atoms with Gasteiger partial charge in [-0.05, 0) is 103 Å². The second-order valence-electron chi connectivity index (χ2n) is 20.6. The predicted octanol–water partition coefficient (Wildman–Crippen LogP) is 20.8. The maximum atomic E-state index is 12.9. The summed E-state index contributed by atoms with van der Waals surface area (Å²) < 4.78 is 16.9. The highest BCUT2D eigenvalue weighted by atomic mass is 16.6. The molecule has 1 atom stereocenters. The molecular formula is C65H116O6. The van der Waals surface area contributed by atoms with Crippen LogP contribution in [0.3, 0.4) is 0 Å². The van der Waals surface area contributed by atoms with E-state index in [0.717, 1.165) is 77.0 Å². The first-order chi connectivity index (χ1) is 35.0. The summed E-state index contributed by atoms with van der Waals surface area (Å²) in [7, 11) is 0. The Labute approximate surface area is 440 Å². The van der Waals surface area contributed by atoms with Crippen LogP contribution < -0.4 is 0 Å². The second-order valence-corrected chi connectivity index (χ2v) is 20.6. The third-order valence-corrected chi connectivity index (χ3v) is 13.5. The van der Waals surface area contributed by atoms with E-state index in [-0.39, 0.29) is 37.5 Å². The first-order valence-corrected chi connectivity index (χ1v) is 30.8. The average molecular weight is 994 g/mol. The molecule has 0 N–H and O–H groups in total. The first kappa shape index (κ1) is 68.1.